The van der Waals surface area contributed by atoms with Gasteiger partial charge in [0, 0.05) is 24.3 Å². The molecule has 116 valence electrons. The number of hydrogen-bond donors (Lipinski definition) is 1. The molecule has 0 saturated heterocycles. The zero-order chi connectivity index (χ0) is 16.4. The van der Waals surface area contributed by atoms with E-state index in [2.05, 4.69) is 10.5 Å². The molecule has 2 aromatic rings. The number of hydrazine groups is 2. The van der Waals surface area contributed by atoms with Crippen molar-refractivity contribution in [2.75, 3.05) is 10.2 Å². The molecule has 0 amide bonds. The predicted octanol–water partition coefficient (Wildman–Crippen LogP) is 2.19. The van der Waals surface area contributed by atoms with E-state index in [1.807, 2.05) is 0 Å². The maximum absolute atomic E-state index is 10.9. The highest BCUT2D eigenvalue weighted by Gasteiger charge is 2.23. The fourth-order valence-corrected chi connectivity index (χ4v) is 2.08. The maximum atomic E-state index is 10.9. The summed E-state index contributed by atoms with van der Waals surface area (Å²) in [6, 6.07) is 11.8. The van der Waals surface area contributed by atoms with E-state index < -0.39 is 9.85 Å². The standard InChI is InChI=1S/C13H10N6O4/c20-18(21)12-5-1-3-10(7-12)16-14-9-15-17(16)11-4-2-6-13(8-11)19(22)23/h1-9H,(H,14,15). The highest BCUT2D eigenvalue weighted by Crippen LogP contribution is 2.28. The lowest BCUT2D eigenvalue weighted by Crippen LogP contribution is -2.42. The van der Waals surface area contributed by atoms with Crippen LogP contribution in [0.1, 0.15) is 0 Å². The summed E-state index contributed by atoms with van der Waals surface area (Å²) in [4.78, 5) is 20.8. The summed E-state index contributed by atoms with van der Waals surface area (Å²) >= 11 is 0. The largest absolute Gasteiger partial charge is 0.271 e. The van der Waals surface area contributed by atoms with Crippen molar-refractivity contribution in [1.82, 2.24) is 5.43 Å². The Morgan fingerprint density at radius 2 is 1.48 bits per heavy atom. The summed E-state index contributed by atoms with van der Waals surface area (Å²) in [5.41, 5.74) is 3.56. The average Bonchev–Trinajstić information content (AvgIpc) is 3.04. The number of nitro benzene ring substituents is 2. The van der Waals surface area contributed by atoms with Crippen LogP contribution in [0.2, 0.25) is 0 Å². The number of non-ortho nitro benzene ring substituents is 2. The van der Waals surface area contributed by atoms with Gasteiger partial charge in [-0.2, -0.15) is 10.2 Å². The van der Waals surface area contributed by atoms with Crippen LogP contribution in [0.25, 0.3) is 0 Å². The lowest BCUT2D eigenvalue weighted by molar-refractivity contribution is -0.385. The lowest BCUT2D eigenvalue weighted by Gasteiger charge is -2.27. The third kappa shape index (κ3) is 2.72. The Morgan fingerprint density at radius 3 is 2.09 bits per heavy atom. The Bertz CT molecular complexity index is 809. The minimum Gasteiger partial charge on any atom is -0.265 e. The SMILES string of the molecule is O=[N+]([O-])c1cccc(N2N=CNN2c2cccc([N+](=O)[O-])c2)c1. The number of hydrogen-bond acceptors (Lipinski definition) is 8. The second-order valence-corrected chi connectivity index (χ2v) is 4.53. The van der Waals surface area contributed by atoms with Gasteiger partial charge in [0.05, 0.1) is 21.2 Å². The molecule has 0 unspecified atom stereocenters. The quantitative estimate of drug-likeness (QED) is 0.679. The Kier molecular flexibility index (Phi) is 3.47. The van der Waals surface area contributed by atoms with E-state index in [0.29, 0.717) is 11.4 Å². The number of benzene rings is 2. The average molecular weight is 314 g/mol. The topological polar surface area (TPSA) is 117 Å². The predicted molar refractivity (Wildman–Crippen MR) is 82.8 cm³/mol. The van der Waals surface area contributed by atoms with Gasteiger partial charge in [-0.05, 0) is 12.1 Å². The van der Waals surface area contributed by atoms with Crippen molar-refractivity contribution in [2.45, 2.75) is 0 Å². The van der Waals surface area contributed by atoms with Crippen LogP contribution in [0.15, 0.2) is 53.6 Å². The van der Waals surface area contributed by atoms with Gasteiger partial charge in [0.2, 0.25) is 0 Å². The van der Waals surface area contributed by atoms with Gasteiger partial charge in [0.15, 0.2) is 0 Å². The van der Waals surface area contributed by atoms with Crippen molar-refractivity contribution < 1.29 is 9.85 Å². The normalized spacial score (nSPS) is 13.0. The molecule has 23 heavy (non-hydrogen) atoms. The number of nitrogens with one attached hydrogen (secondary N) is 1. The van der Waals surface area contributed by atoms with Gasteiger partial charge < -0.3 is 0 Å². The van der Waals surface area contributed by atoms with E-state index in [1.165, 1.54) is 46.9 Å². The fraction of sp³-hybridized carbons (Fsp3) is 0. The van der Waals surface area contributed by atoms with Gasteiger partial charge in [0.1, 0.15) is 6.34 Å². The molecule has 2 aromatic carbocycles. The zero-order valence-electron chi connectivity index (χ0n) is 11.6. The van der Waals surface area contributed by atoms with E-state index in [9.17, 15) is 20.2 Å². The molecule has 10 nitrogen and oxygen atoms in total. The summed E-state index contributed by atoms with van der Waals surface area (Å²) in [7, 11) is 0. The highest BCUT2D eigenvalue weighted by molar-refractivity contribution is 5.72. The molecule has 0 bridgehead atoms. The van der Waals surface area contributed by atoms with Crippen molar-refractivity contribution in [3.63, 3.8) is 0 Å². The molecule has 0 aliphatic carbocycles. The minimum atomic E-state index is -0.506. The van der Waals surface area contributed by atoms with Crippen molar-refractivity contribution in [2.24, 2.45) is 5.10 Å². The Balaban J connectivity index is 1.95. The van der Waals surface area contributed by atoms with E-state index in [-0.39, 0.29) is 11.4 Å². The Hall–Kier alpha value is -3.69. The van der Waals surface area contributed by atoms with Crippen molar-refractivity contribution >= 4 is 29.1 Å². The molecule has 1 aliphatic heterocycles. The molecule has 0 aromatic heterocycles. The second-order valence-electron chi connectivity index (χ2n) is 4.53. The van der Waals surface area contributed by atoms with E-state index in [1.54, 1.807) is 18.2 Å². The van der Waals surface area contributed by atoms with E-state index in [4.69, 9.17) is 0 Å². The molecule has 0 radical (unpaired) electrons. The van der Waals surface area contributed by atoms with Crippen molar-refractivity contribution in [3.8, 4) is 0 Å². The zero-order valence-corrected chi connectivity index (χ0v) is 11.6. The maximum Gasteiger partial charge on any atom is 0.271 e. The molecule has 1 aliphatic rings. The monoisotopic (exact) mass is 314 g/mol. The van der Waals surface area contributed by atoms with Gasteiger partial charge in [-0.15, -0.1) is 5.10 Å². The second kappa shape index (κ2) is 5.60. The van der Waals surface area contributed by atoms with E-state index in [0.717, 1.165) is 0 Å². The molecule has 0 spiro atoms. The van der Waals surface area contributed by atoms with E-state index >= 15 is 0 Å². The molecule has 0 atom stereocenters. The molecule has 0 saturated carbocycles. The van der Waals surface area contributed by atoms with Crippen LogP contribution in [0.3, 0.4) is 0 Å². The molecule has 1 N–H and O–H groups in total. The van der Waals surface area contributed by atoms with Gasteiger partial charge in [-0.25, -0.2) is 0 Å². The number of anilines is 2. The molecule has 3 rings (SSSR count). The van der Waals surface area contributed by atoms with Crippen LogP contribution in [-0.2, 0) is 0 Å². The van der Waals surface area contributed by atoms with Crippen LogP contribution < -0.4 is 15.7 Å². The van der Waals surface area contributed by atoms with Crippen LogP contribution >= 0.6 is 0 Å². The summed E-state index contributed by atoms with van der Waals surface area (Å²) in [5, 5.41) is 28.6. The summed E-state index contributed by atoms with van der Waals surface area (Å²) in [5.74, 6) is 0. The van der Waals surface area contributed by atoms with Crippen molar-refractivity contribution in [1.29, 1.82) is 0 Å². The molecule has 0 fully saturated rings. The smallest absolute Gasteiger partial charge is 0.265 e. The molecule has 1 heterocycles. The molecular formula is C13H10N6O4. The molecular weight excluding hydrogens is 304 g/mol. The highest BCUT2D eigenvalue weighted by atomic mass is 16.6. The Morgan fingerprint density at radius 1 is 0.913 bits per heavy atom. The van der Waals surface area contributed by atoms with Gasteiger partial charge in [-0.1, -0.05) is 12.1 Å². The van der Waals surface area contributed by atoms with Gasteiger partial charge in [0.25, 0.3) is 11.4 Å². The van der Waals surface area contributed by atoms with Crippen LogP contribution in [-0.4, -0.2) is 16.2 Å². The first-order chi connectivity index (χ1) is 11.1. The summed E-state index contributed by atoms with van der Waals surface area (Å²) in [6.45, 7) is 0. The van der Waals surface area contributed by atoms with Gasteiger partial charge in [-0.3, -0.25) is 25.7 Å². The summed E-state index contributed by atoms with van der Waals surface area (Å²) < 4.78 is 0. The minimum absolute atomic E-state index is 0.0739. The van der Waals surface area contributed by atoms with Gasteiger partial charge >= 0.3 is 0 Å². The number of nitrogens with zero attached hydrogens (tertiary/aromatic N) is 5. The lowest BCUT2D eigenvalue weighted by atomic mass is 10.2. The first kappa shape index (κ1) is 14.3. The number of nitro groups is 2. The van der Waals surface area contributed by atoms with Crippen LogP contribution in [0.5, 0.6) is 0 Å². The first-order valence-corrected chi connectivity index (χ1v) is 6.44. The van der Waals surface area contributed by atoms with Crippen LogP contribution in [0.4, 0.5) is 22.7 Å². The summed E-state index contributed by atoms with van der Waals surface area (Å²) in [6.07, 6.45) is 1.37. The first-order valence-electron chi connectivity index (χ1n) is 6.44. The fourth-order valence-electron chi connectivity index (χ4n) is 2.08. The number of hydrazone groups is 1. The Labute approximate surface area is 129 Å². The molecule has 10 heteroatoms. The van der Waals surface area contributed by atoms with Crippen LogP contribution in [0, 0.1) is 20.2 Å². The third-order valence-electron chi connectivity index (χ3n) is 3.09. The number of rotatable bonds is 4. The van der Waals surface area contributed by atoms with Crippen molar-refractivity contribution in [3.05, 3.63) is 68.8 Å². The third-order valence-corrected chi connectivity index (χ3v) is 3.09.